The first-order valence-corrected chi connectivity index (χ1v) is 7.06. The maximum absolute atomic E-state index is 12.5. The molecule has 2 heterocycles. The van der Waals surface area contributed by atoms with Crippen molar-refractivity contribution in [1.82, 2.24) is 10.2 Å². The van der Waals surface area contributed by atoms with E-state index in [2.05, 4.69) is 10.2 Å². The molecule has 0 N–H and O–H groups in total. The van der Waals surface area contributed by atoms with E-state index in [1.165, 1.54) is 0 Å². The third-order valence-corrected chi connectivity index (χ3v) is 4.39. The van der Waals surface area contributed by atoms with Gasteiger partial charge in [-0.15, -0.1) is 10.2 Å². The zero-order chi connectivity index (χ0) is 13.6. The van der Waals surface area contributed by atoms with Gasteiger partial charge in [0.25, 0.3) is 0 Å². The molecule has 0 spiro atoms. The minimum Gasteiger partial charge on any atom is -0.371 e. The second kappa shape index (κ2) is 4.59. The van der Waals surface area contributed by atoms with Crippen molar-refractivity contribution in [3.8, 4) is 0 Å². The molecule has 2 atom stereocenters. The van der Waals surface area contributed by atoms with Crippen LogP contribution in [0.3, 0.4) is 0 Å². The fourth-order valence-electron chi connectivity index (χ4n) is 2.33. The monoisotopic (exact) mass is 293 g/mol. The van der Waals surface area contributed by atoms with E-state index in [9.17, 15) is 13.2 Å². The second-order valence-electron chi connectivity index (χ2n) is 5.12. The normalized spacial score (nSPS) is 28.7. The topological polar surface area (TPSA) is 38.2 Å². The lowest BCUT2D eigenvalue weighted by atomic mass is 10.1. The molecule has 1 aromatic heterocycles. The highest BCUT2D eigenvalue weighted by Crippen LogP contribution is 2.39. The lowest BCUT2D eigenvalue weighted by Crippen LogP contribution is -2.47. The molecule has 0 radical (unpaired) electrons. The van der Waals surface area contributed by atoms with Gasteiger partial charge in [-0.25, -0.2) is 0 Å². The molecule has 0 unspecified atom stereocenters. The van der Waals surface area contributed by atoms with Gasteiger partial charge in [0.05, 0.1) is 12.2 Å². The summed E-state index contributed by atoms with van der Waals surface area (Å²) < 4.78 is 43.4. The summed E-state index contributed by atoms with van der Waals surface area (Å²) in [6.07, 6.45) is -1.99. The number of aromatic nitrogens is 2. The quantitative estimate of drug-likeness (QED) is 0.840. The predicted molar refractivity (Wildman–Crippen MR) is 64.2 cm³/mol. The molecule has 1 aliphatic carbocycles. The van der Waals surface area contributed by atoms with E-state index in [-0.39, 0.29) is 12.2 Å². The minimum absolute atomic E-state index is 0.0117. The molecule has 106 valence electrons. The van der Waals surface area contributed by atoms with Crippen LogP contribution in [-0.4, -0.2) is 35.5 Å². The van der Waals surface area contributed by atoms with Crippen molar-refractivity contribution in [1.29, 1.82) is 0 Å². The van der Waals surface area contributed by atoms with Crippen molar-refractivity contribution in [3.05, 3.63) is 5.01 Å². The van der Waals surface area contributed by atoms with E-state index in [0.29, 0.717) is 35.5 Å². The van der Waals surface area contributed by atoms with E-state index >= 15 is 0 Å². The molecule has 8 heteroatoms. The van der Waals surface area contributed by atoms with Crippen LogP contribution in [0.2, 0.25) is 0 Å². The fourth-order valence-corrected chi connectivity index (χ4v) is 3.06. The number of alkyl halides is 3. The molecule has 0 aromatic carbocycles. The van der Waals surface area contributed by atoms with Crippen molar-refractivity contribution in [2.45, 2.75) is 38.1 Å². The second-order valence-corrected chi connectivity index (χ2v) is 6.07. The molecule has 1 saturated heterocycles. The summed E-state index contributed by atoms with van der Waals surface area (Å²) in [5.41, 5.74) is 0. The first-order valence-electron chi connectivity index (χ1n) is 6.24. The maximum atomic E-state index is 12.5. The minimum atomic E-state index is -4.41. The summed E-state index contributed by atoms with van der Waals surface area (Å²) in [4.78, 5) is 1.87. The van der Waals surface area contributed by atoms with Gasteiger partial charge in [0, 0.05) is 13.1 Å². The van der Waals surface area contributed by atoms with Crippen molar-refractivity contribution in [2.24, 2.45) is 5.92 Å². The first-order chi connectivity index (χ1) is 8.93. The number of hydrogen-bond acceptors (Lipinski definition) is 5. The molecular formula is C11H14F3N3OS. The molecule has 0 amide bonds. The molecule has 3 rings (SSSR count). The van der Waals surface area contributed by atoms with Gasteiger partial charge in [-0.2, -0.15) is 13.2 Å². The number of halogens is 3. The van der Waals surface area contributed by atoms with E-state index in [0.717, 1.165) is 12.8 Å². The Morgan fingerprint density at radius 3 is 2.58 bits per heavy atom. The summed E-state index contributed by atoms with van der Waals surface area (Å²) in [5.74, 6) is 0.556. The largest absolute Gasteiger partial charge is 0.445 e. The van der Waals surface area contributed by atoms with Crippen LogP contribution >= 0.6 is 11.3 Å². The highest BCUT2D eigenvalue weighted by Gasteiger charge is 2.40. The predicted octanol–water partition coefficient (Wildman–Crippen LogP) is 2.56. The standard InChI is InChI=1S/C11H14F3N3OS/c1-6-4-17(5-8(18-6)7-2-3-7)10-16-15-9(19-10)11(12,13)14/h6-8H,2-5H2,1H3/t6-,8-/m1/s1. The summed E-state index contributed by atoms with van der Waals surface area (Å²) in [6.45, 7) is 3.12. The van der Waals surface area contributed by atoms with Gasteiger partial charge in [-0.05, 0) is 25.7 Å². The Balaban J connectivity index is 1.75. The Hall–Kier alpha value is -0.890. The molecule has 1 saturated carbocycles. The third kappa shape index (κ3) is 2.84. The smallest absolute Gasteiger partial charge is 0.371 e. The number of rotatable bonds is 2. The number of hydrogen-bond donors (Lipinski definition) is 0. The SMILES string of the molecule is C[C@@H]1CN(c2nnc(C(F)(F)F)s2)C[C@H](C2CC2)O1. The van der Waals surface area contributed by atoms with Gasteiger partial charge in [0.1, 0.15) is 0 Å². The Morgan fingerprint density at radius 2 is 2.00 bits per heavy atom. The number of ether oxygens (including phenoxy) is 1. The van der Waals surface area contributed by atoms with Crippen LogP contribution in [0, 0.1) is 5.92 Å². The van der Waals surface area contributed by atoms with Crippen LogP contribution < -0.4 is 4.90 Å². The Kier molecular flexibility index (Phi) is 3.17. The average molecular weight is 293 g/mol. The molecule has 2 aliphatic rings. The lowest BCUT2D eigenvalue weighted by molar-refractivity contribution is -0.138. The summed E-state index contributed by atoms with van der Waals surface area (Å²) in [6, 6.07) is 0. The average Bonchev–Trinajstić information content (AvgIpc) is 3.03. The highest BCUT2D eigenvalue weighted by atomic mass is 32.1. The molecule has 1 aromatic rings. The van der Waals surface area contributed by atoms with E-state index < -0.39 is 11.2 Å². The summed E-state index contributed by atoms with van der Waals surface area (Å²) >= 11 is 0.606. The zero-order valence-corrected chi connectivity index (χ0v) is 11.2. The number of morpholine rings is 1. The van der Waals surface area contributed by atoms with Crippen LogP contribution in [-0.2, 0) is 10.9 Å². The molecule has 4 nitrogen and oxygen atoms in total. The van der Waals surface area contributed by atoms with Gasteiger partial charge in [-0.1, -0.05) is 11.3 Å². The third-order valence-electron chi connectivity index (χ3n) is 3.36. The number of nitrogens with zero attached hydrogens (tertiary/aromatic N) is 3. The molecule has 2 fully saturated rings. The summed E-state index contributed by atoms with van der Waals surface area (Å²) in [7, 11) is 0. The maximum Gasteiger partial charge on any atom is 0.445 e. The molecule has 1 aliphatic heterocycles. The Morgan fingerprint density at radius 1 is 1.26 bits per heavy atom. The first kappa shape index (κ1) is 13.1. The van der Waals surface area contributed by atoms with Crippen LogP contribution in [0.25, 0.3) is 0 Å². The Bertz CT molecular complexity index is 460. The van der Waals surface area contributed by atoms with Crippen LogP contribution in [0.1, 0.15) is 24.8 Å². The molecule has 0 bridgehead atoms. The van der Waals surface area contributed by atoms with Crippen LogP contribution in [0.15, 0.2) is 0 Å². The van der Waals surface area contributed by atoms with Crippen molar-refractivity contribution in [2.75, 3.05) is 18.0 Å². The van der Waals surface area contributed by atoms with Crippen LogP contribution in [0.4, 0.5) is 18.3 Å². The van der Waals surface area contributed by atoms with Crippen molar-refractivity contribution < 1.29 is 17.9 Å². The summed E-state index contributed by atoms with van der Waals surface area (Å²) in [5, 5.41) is 6.36. The number of anilines is 1. The zero-order valence-electron chi connectivity index (χ0n) is 10.4. The molecule has 19 heavy (non-hydrogen) atoms. The van der Waals surface area contributed by atoms with E-state index in [4.69, 9.17) is 4.74 Å². The fraction of sp³-hybridized carbons (Fsp3) is 0.818. The van der Waals surface area contributed by atoms with Gasteiger partial charge in [-0.3, -0.25) is 0 Å². The van der Waals surface area contributed by atoms with Gasteiger partial charge in [0.2, 0.25) is 10.1 Å². The van der Waals surface area contributed by atoms with E-state index in [1.807, 2.05) is 11.8 Å². The van der Waals surface area contributed by atoms with Crippen molar-refractivity contribution >= 4 is 16.5 Å². The van der Waals surface area contributed by atoms with Gasteiger partial charge >= 0.3 is 6.18 Å². The van der Waals surface area contributed by atoms with Crippen LogP contribution in [0.5, 0.6) is 0 Å². The molecular weight excluding hydrogens is 279 g/mol. The van der Waals surface area contributed by atoms with Crippen molar-refractivity contribution in [3.63, 3.8) is 0 Å². The van der Waals surface area contributed by atoms with E-state index in [1.54, 1.807) is 0 Å². The van der Waals surface area contributed by atoms with Gasteiger partial charge in [0.15, 0.2) is 0 Å². The lowest BCUT2D eigenvalue weighted by Gasteiger charge is -2.36. The Labute approximate surface area is 112 Å². The highest BCUT2D eigenvalue weighted by molar-refractivity contribution is 7.15. The van der Waals surface area contributed by atoms with Gasteiger partial charge < -0.3 is 9.64 Å².